The minimum Gasteiger partial charge on any atom is -0.497 e. The first-order chi connectivity index (χ1) is 13.0. The van der Waals surface area contributed by atoms with E-state index in [4.69, 9.17) is 14.5 Å². The molecule has 2 aromatic carbocycles. The number of benzene rings is 2. The second-order valence-corrected chi connectivity index (χ2v) is 6.71. The van der Waals surface area contributed by atoms with Crippen LogP contribution in [0.5, 0.6) is 11.5 Å². The second kappa shape index (κ2) is 8.12. The standard InChI is InChI=1S/C23H26N2O2/c1-15-11-16(2)23(17(3)12-15)24-14-18-7-6-8-21(25-18)20-10-9-19(26-4)13-22(20)27-5/h6-13,24H,14H2,1-5H3. The summed E-state index contributed by atoms with van der Waals surface area (Å²) >= 11 is 0. The number of ether oxygens (including phenoxy) is 2. The van der Waals surface area contributed by atoms with Crippen LogP contribution in [-0.4, -0.2) is 19.2 Å². The van der Waals surface area contributed by atoms with Gasteiger partial charge in [-0.2, -0.15) is 0 Å². The molecule has 4 nitrogen and oxygen atoms in total. The third-order valence-electron chi connectivity index (χ3n) is 4.61. The van der Waals surface area contributed by atoms with Crippen LogP contribution in [0.25, 0.3) is 11.3 Å². The molecule has 0 atom stereocenters. The van der Waals surface area contributed by atoms with E-state index in [0.29, 0.717) is 6.54 Å². The molecule has 0 bridgehead atoms. The molecule has 0 radical (unpaired) electrons. The van der Waals surface area contributed by atoms with Crippen LogP contribution >= 0.6 is 0 Å². The number of pyridine rings is 1. The fourth-order valence-corrected chi connectivity index (χ4v) is 3.38. The van der Waals surface area contributed by atoms with Crippen molar-refractivity contribution in [1.29, 1.82) is 0 Å². The normalized spacial score (nSPS) is 10.6. The predicted molar refractivity (Wildman–Crippen MR) is 111 cm³/mol. The van der Waals surface area contributed by atoms with E-state index in [9.17, 15) is 0 Å². The predicted octanol–water partition coefficient (Wildman–Crippen LogP) is 5.30. The molecule has 0 amide bonds. The quantitative estimate of drug-likeness (QED) is 0.646. The number of anilines is 1. The van der Waals surface area contributed by atoms with Crippen LogP contribution in [0, 0.1) is 20.8 Å². The van der Waals surface area contributed by atoms with Gasteiger partial charge in [-0.15, -0.1) is 0 Å². The van der Waals surface area contributed by atoms with Gasteiger partial charge < -0.3 is 14.8 Å². The van der Waals surface area contributed by atoms with Gasteiger partial charge in [-0.25, -0.2) is 0 Å². The average molecular weight is 362 g/mol. The number of methoxy groups -OCH3 is 2. The van der Waals surface area contributed by atoms with Gasteiger partial charge in [0, 0.05) is 17.3 Å². The molecule has 3 rings (SSSR count). The zero-order chi connectivity index (χ0) is 19.4. The lowest BCUT2D eigenvalue weighted by atomic mass is 10.0. The van der Waals surface area contributed by atoms with Gasteiger partial charge in [0.25, 0.3) is 0 Å². The van der Waals surface area contributed by atoms with E-state index in [0.717, 1.165) is 28.5 Å². The average Bonchev–Trinajstić information content (AvgIpc) is 2.66. The maximum Gasteiger partial charge on any atom is 0.131 e. The molecular formula is C23H26N2O2. The molecule has 0 saturated heterocycles. The Kier molecular flexibility index (Phi) is 5.65. The van der Waals surface area contributed by atoms with Gasteiger partial charge in [0.05, 0.1) is 32.2 Å². The molecule has 0 unspecified atom stereocenters. The highest BCUT2D eigenvalue weighted by Crippen LogP contribution is 2.32. The molecule has 0 aliphatic carbocycles. The molecule has 1 aromatic heterocycles. The first-order valence-corrected chi connectivity index (χ1v) is 9.02. The monoisotopic (exact) mass is 362 g/mol. The van der Waals surface area contributed by atoms with E-state index >= 15 is 0 Å². The van der Waals surface area contributed by atoms with Crippen molar-refractivity contribution in [1.82, 2.24) is 4.98 Å². The third-order valence-corrected chi connectivity index (χ3v) is 4.61. The largest absolute Gasteiger partial charge is 0.497 e. The molecule has 0 spiro atoms. The van der Waals surface area contributed by atoms with E-state index in [1.54, 1.807) is 14.2 Å². The van der Waals surface area contributed by atoms with Crippen molar-refractivity contribution in [3.05, 3.63) is 70.9 Å². The maximum absolute atomic E-state index is 5.52. The first-order valence-electron chi connectivity index (χ1n) is 9.02. The number of aryl methyl sites for hydroxylation is 3. The highest BCUT2D eigenvalue weighted by Gasteiger charge is 2.10. The molecule has 1 heterocycles. The van der Waals surface area contributed by atoms with Crippen molar-refractivity contribution in [2.75, 3.05) is 19.5 Å². The summed E-state index contributed by atoms with van der Waals surface area (Å²) in [5, 5.41) is 3.54. The Hall–Kier alpha value is -3.01. The van der Waals surface area contributed by atoms with Crippen molar-refractivity contribution in [3.8, 4) is 22.8 Å². The number of aromatic nitrogens is 1. The fourth-order valence-electron chi connectivity index (χ4n) is 3.38. The Balaban J connectivity index is 1.85. The zero-order valence-corrected chi connectivity index (χ0v) is 16.6. The number of hydrogen-bond acceptors (Lipinski definition) is 4. The van der Waals surface area contributed by atoms with Crippen LogP contribution in [0.1, 0.15) is 22.4 Å². The highest BCUT2D eigenvalue weighted by atomic mass is 16.5. The Labute approximate surface area is 161 Å². The van der Waals surface area contributed by atoms with Crippen LogP contribution in [0.2, 0.25) is 0 Å². The lowest BCUT2D eigenvalue weighted by molar-refractivity contribution is 0.395. The summed E-state index contributed by atoms with van der Waals surface area (Å²) in [7, 11) is 3.31. The van der Waals surface area contributed by atoms with Crippen molar-refractivity contribution in [2.24, 2.45) is 0 Å². The van der Waals surface area contributed by atoms with E-state index < -0.39 is 0 Å². The van der Waals surface area contributed by atoms with Crippen LogP contribution < -0.4 is 14.8 Å². The van der Waals surface area contributed by atoms with Gasteiger partial charge in [-0.1, -0.05) is 23.8 Å². The summed E-state index contributed by atoms with van der Waals surface area (Å²) < 4.78 is 10.8. The summed E-state index contributed by atoms with van der Waals surface area (Å²) in [5.41, 5.74) is 7.76. The lowest BCUT2D eigenvalue weighted by Gasteiger charge is -2.14. The van der Waals surface area contributed by atoms with E-state index in [2.05, 4.69) is 38.2 Å². The summed E-state index contributed by atoms with van der Waals surface area (Å²) in [6.45, 7) is 7.05. The zero-order valence-electron chi connectivity index (χ0n) is 16.6. The molecule has 4 heteroatoms. The van der Waals surface area contributed by atoms with Gasteiger partial charge in [0.1, 0.15) is 11.5 Å². The molecule has 0 aliphatic rings. The van der Waals surface area contributed by atoms with Gasteiger partial charge in [0.2, 0.25) is 0 Å². The Morgan fingerprint density at radius 2 is 1.63 bits per heavy atom. The topological polar surface area (TPSA) is 43.4 Å². The van der Waals surface area contributed by atoms with Gasteiger partial charge in [-0.3, -0.25) is 4.98 Å². The molecule has 27 heavy (non-hydrogen) atoms. The van der Waals surface area contributed by atoms with Crippen molar-refractivity contribution >= 4 is 5.69 Å². The van der Waals surface area contributed by atoms with Crippen LogP contribution in [-0.2, 0) is 6.54 Å². The van der Waals surface area contributed by atoms with Gasteiger partial charge in [-0.05, 0) is 56.2 Å². The second-order valence-electron chi connectivity index (χ2n) is 6.71. The Bertz CT molecular complexity index is 928. The molecule has 0 saturated carbocycles. The summed E-state index contributed by atoms with van der Waals surface area (Å²) in [4.78, 5) is 4.82. The minimum atomic E-state index is 0.664. The van der Waals surface area contributed by atoms with Crippen molar-refractivity contribution in [2.45, 2.75) is 27.3 Å². The molecule has 140 valence electrons. The molecular weight excluding hydrogens is 336 g/mol. The van der Waals surface area contributed by atoms with Crippen LogP contribution in [0.4, 0.5) is 5.69 Å². The summed E-state index contributed by atoms with van der Waals surface area (Å²) in [5.74, 6) is 1.51. The summed E-state index contributed by atoms with van der Waals surface area (Å²) in [6, 6.07) is 16.2. The Morgan fingerprint density at radius 1 is 0.889 bits per heavy atom. The number of nitrogens with zero attached hydrogens (tertiary/aromatic N) is 1. The molecule has 3 aromatic rings. The third kappa shape index (κ3) is 4.22. The van der Waals surface area contributed by atoms with Crippen LogP contribution in [0.15, 0.2) is 48.5 Å². The van der Waals surface area contributed by atoms with Gasteiger partial charge >= 0.3 is 0 Å². The van der Waals surface area contributed by atoms with Crippen LogP contribution in [0.3, 0.4) is 0 Å². The Morgan fingerprint density at radius 3 is 2.30 bits per heavy atom. The SMILES string of the molecule is COc1ccc(-c2cccc(CNc3c(C)cc(C)cc3C)n2)c(OC)c1. The molecule has 0 fully saturated rings. The van der Waals surface area contributed by atoms with Crippen molar-refractivity contribution < 1.29 is 9.47 Å². The maximum atomic E-state index is 5.52. The number of nitrogens with one attached hydrogen (secondary N) is 1. The number of rotatable bonds is 6. The first kappa shape index (κ1) is 18.8. The lowest BCUT2D eigenvalue weighted by Crippen LogP contribution is -2.05. The highest BCUT2D eigenvalue weighted by molar-refractivity contribution is 5.68. The van der Waals surface area contributed by atoms with Gasteiger partial charge in [0.15, 0.2) is 0 Å². The molecule has 0 aliphatic heterocycles. The number of hydrogen-bond donors (Lipinski definition) is 1. The van der Waals surface area contributed by atoms with Crippen molar-refractivity contribution in [3.63, 3.8) is 0 Å². The summed E-state index contributed by atoms with van der Waals surface area (Å²) in [6.07, 6.45) is 0. The van der Waals surface area contributed by atoms with E-state index in [-0.39, 0.29) is 0 Å². The minimum absolute atomic E-state index is 0.664. The smallest absolute Gasteiger partial charge is 0.131 e. The fraction of sp³-hybridized carbons (Fsp3) is 0.261. The molecule has 1 N–H and O–H groups in total. The van der Waals surface area contributed by atoms with E-state index in [1.807, 2.05) is 36.4 Å². The van der Waals surface area contributed by atoms with E-state index in [1.165, 1.54) is 22.4 Å².